The Labute approximate surface area is 198 Å². The van der Waals surface area contributed by atoms with Gasteiger partial charge in [0, 0.05) is 18.0 Å². The van der Waals surface area contributed by atoms with Gasteiger partial charge < -0.3 is 5.32 Å². The number of fused-ring (bicyclic) bond motifs is 1. The quantitative estimate of drug-likeness (QED) is 0.424. The number of thiophene rings is 1. The van der Waals surface area contributed by atoms with E-state index in [0.29, 0.717) is 21.6 Å². The molecule has 8 nitrogen and oxygen atoms in total. The lowest BCUT2D eigenvalue weighted by atomic mass is 10.1. The van der Waals surface area contributed by atoms with Crippen LogP contribution in [0.4, 0.5) is 5.69 Å². The summed E-state index contributed by atoms with van der Waals surface area (Å²) < 4.78 is 4.44. The summed E-state index contributed by atoms with van der Waals surface area (Å²) in [6.07, 6.45) is 1.37. The molecule has 1 N–H and O–H groups in total. The highest BCUT2D eigenvalue weighted by Gasteiger charge is 2.19. The van der Waals surface area contributed by atoms with Crippen molar-refractivity contribution in [2.24, 2.45) is 7.05 Å². The van der Waals surface area contributed by atoms with E-state index in [1.165, 1.54) is 26.9 Å². The molecule has 0 aliphatic rings. The zero-order valence-electron chi connectivity index (χ0n) is 18.6. The van der Waals surface area contributed by atoms with Crippen LogP contribution in [0.5, 0.6) is 0 Å². The number of carbonyl (C=O) groups excluding carboxylic acids is 1. The molecule has 1 amide bonds. The van der Waals surface area contributed by atoms with E-state index in [-0.39, 0.29) is 23.4 Å². The first-order chi connectivity index (χ1) is 16.5. The summed E-state index contributed by atoms with van der Waals surface area (Å²) in [5.41, 5.74) is 2.53. The van der Waals surface area contributed by atoms with Crippen LogP contribution in [-0.2, 0) is 18.4 Å². The Morgan fingerprint density at radius 3 is 2.38 bits per heavy atom. The first-order valence-corrected chi connectivity index (χ1v) is 11.5. The normalized spacial score (nSPS) is 11.1. The van der Waals surface area contributed by atoms with Crippen molar-refractivity contribution in [3.63, 3.8) is 0 Å². The van der Waals surface area contributed by atoms with Crippen molar-refractivity contribution in [3.8, 4) is 16.8 Å². The molecule has 170 valence electrons. The summed E-state index contributed by atoms with van der Waals surface area (Å²) >= 11 is 1.39. The highest BCUT2D eigenvalue weighted by molar-refractivity contribution is 7.17. The summed E-state index contributed by atoms with van der Waals surface area (Å²) in [6, 6.07) is 18.8. The Morgan fingerprint density at radius 1 is 1.00 bits per heavy atom. The molecule has 0 fully saturated rings. The number of nitrogens with one attached hydrogen (secondary N) is 1. The van der Waals surface area contributed by atoms with Crippen molar-refractivity contribution in [1.82, 2.24) is 18.9 Å². The lowest BCUT2D eigenvalue weighted by Gasteiger charge is -2.07. The standard InChI is InChI=1S/C25H21N5O3S/c1-16-22(25(33)30(28(16)2)18-11-7-4-8-12-18)27-20(31)13-29-15-26-23-21(24(29)32)19(14-34-23)17-9-5-3-6-10-17/h3-12,14-15H,13H2,1-2H3,(H,27,31). The van der Waals surface area contributed by atoms with Crippen molar-refractivity contribution in [3.05, 3.63) is 98.8 Å². The molecule has 0 unspecified atom stereocenters. The van der Waals surface area contributed by atoms with Crippen molar-refractivity contribution in [2.45, 2.75) is 13.5 Å². The van der Waals surface area contributed by atoms with Crippen LogP contribution >= 0.6 is 11.3 Å². The third kappa shape index (κ3) is 3.65. The van der Waals surface area contributed by atoms with Gasteiger partial charge in [-0.3, -0.25) is 23.6 Å². The summed E-state index contributed by atoms with van der Waals surface area (Å²) in [5, 5.41) is 5.08. The third-order valence-corrected chi connectivity index (χ3v) is 6.66. The molecule has 9 heteroatoms. The molecule has 0 saturated carbocycles. The van der Waals surface area contributed by atoms with Gasteiger partial charge in [-0.25, -0.2) is 9.67 Å². The Bertz CT molecular complexity index is 1630. The van der Waals surface area contributed by atoms with Gasteiger partial charge >= 0.3 is 0 Å². The number of anilines is 1. The highest BCUT2D eigenvalue weighted by atomic mass is 32.1. The summed E-state index contributed by atoms with van der Waals surface area (Å²) in [7, 11) is 1.75. The van der Waals surface area contributed by atoms with Crippen molar-refractivity contribution in [2.75, 3.05) is 5.32 Å². The lowest BCUT2D eigenvalue weighted by molar-refractivity contribution is -0.116. The van der Waals surface area contributed by atoms with Crippen LogP contribution in [0.15, 0.2) is 82.0 Å². The number of nitrogens with zero attached hydrogens (tertiary/aromatic N) is 4. The molecular weight excluding hydrogens is 450 g/mol. The van der Waals surface area contributed by atoms with Gasteiger partial charge in [-0.2, -0.15) is 0 Å². The van der Waals surface area contributed by atoms with Crippen LogP contribution in [0.2, 0.25) is 0 Å². The minimum atomic E-state index is -0.481. The molecule has 0 bridgehead atoms. The van der Waals surface area contributed by atoms with E-state index in [2.05, 4.69) is 10.3 Å². The van der Waals surface area contributed by atoms with Crippen LogP contribution < -0.4 is 16.4 Å². The number of rotatable bonds is 5. The SMILES string of the molecule is Cc1c(NC(=O)Cn2cnc3scc(-c4ccccc4)c3c2=O)c(=O)n(-c2ccccc2)n1C. The Hall–Kier alpha value is -4.24. The van der Waals surface area contributed by atoms with E-state index < -0.39 is 5.91 Å². The van der Waals surface area contributed by atoms with Gasteiger partial charge in [0.05, 0.1) is 23.1 Å². The molecule has 3 aromatic heterocycles. The van der Waals surface area contributed by atoms with Gasteiger partial charge in [0.2, 0.25) is 5.91 Å². The van der Waals surface area contributed by atoms with Gasteiger partial charge in [0.15, 0.2) is 0 Å². The van der Waals surface area contributed by atoms with Gasteiger partial charge in [-0.15, -0.1) is 11.3 Å². The maximum Gasteiger partial charge on any atom is 0.295 e. The molecule has 0 spiro atoms. The van der Waals surface area contributed by atoms with E-state index in [1.807, 2.05) is 66.0 Å². The van der Waals surface area contributed by atoms with Gasteiger partial charge in [-0.1, -0.05) is 48.5 Å². The minimum absolute atomic E-state index is 0.180. The van der Waals surface area contributed by atoms with Crippen LogP contribution in [-0.4, -0.2) is 24.8 Å². The average Bonchev–Trinajstić information content (AvgIpc) is 3.38. The van der Waals surface area contributed by atoms with Crippen LogP contribution in [0, 0.1) is 6.92 Å². The predicted octanol–water partition coefficient (Wildman–Crippen LogP) is 3.56. The van der Waals surface area contributed by atoms with Gasteiger partial charge in [0.1, 0.15) is 17.1 Å². The fourth-order valence-corrected chi connectivity index (χ4v) is 4.86. The van der Waals surface area contributed by atoms with Crippen molar-refractivity contribution >= 4 is 33.1 Å². The topological polar surface area (TPSA) is 90.9 Å². The lowest BCUT2D eigenvalue weighted by Crippen LogP contribution is -2.29. The number of amides is 1. The number of aromatic nitrogens is 4. The van der Waals surface area contributed by atoms with E-state index in [0.717, 1.165) is 11.1 Å². The molecule has 0 radical (unpaired) electrons. The zero-order valence-corrected chi connectivity index (χ0v) is 19.4. The number of hydrogen-bond acceptors (Lipinski definition) is 5. The molecule has 2 aromatic carbocycles. The zero-order chi connectivity index (χ0) is 23.8. The average molecular weight is 472 g/mol. The molecule has 0 atom stereocenters. The van der Waals surface area contributed by atoms with Crippen LogP contribution in [0.3, 0.4) is 0 Å². The minimum Gasteiger partial charge on any atom is -0.318 e. The monoisotopic (exact) mass is 471 g/mol. The fraction of sp³-hybridized carbons (Fsp3) is 0.120. The first kappa shape index (κ1) is 21.6. The van der Waals surface area contributed by atoms with Crippen LogP contribution in [0.1, 0.15) is 5.69 Å². The molecule has 34 heavy (non-hydrogen) atoms. The number of carbonyl (C=O) groups is 1. The smallest absolute Gasteiger partial charge is 0.295 e. The van der Waals surface area contributed by atoms with Gasteiger partial charge in [-0.05, 0) is 24.6 Å². The van der Waals surface area contributed by atoms with Gasteiger partial charge in [0.25, 0.3) is 11.1 Å². The molecular formula is C25H21N5O3S. The van der Waals surface area contributed by atoms with E-state index in [1.54, 1.807) is 18.7 Å². The van der Waals surface area contributed by atoms with E-state index in [9.17, 15) is 14.4 Å². The molecule has 3 heterocycles. The predicted molar refractivity (Wildman–Crippen MR) is 134 cm³/mol. The van der Waals surface area contributed by atoms with E-state index >= 15 is 0 Å². The van der Waals surface area contributed by atoms with Crippen molar-refractivity contribution in [1.29, 1.82) is 0 Å². The Kier molecular flexibility index (Phi) is 5.46. The molecule has 0 aliphatic carbocycles. The van der Waals surface area contributed by atoms with Crippen LogP contribution in [0.25, 0.3) is 27.0 Å². The first-order valence-electron chi connectivity index (χ1n) is 10.6. The summed E-state index contributed by atoms with van der Waals surface area (Å²) in [5.74, 6) is -0.481. The second kappa shape index (κ2) is 8.60. The Morgan fingerprint density at radius 2 is 1.68 bits per heavy atom. The van der Waals surface area contributed by atoms with E-state index in [4.69, 9.17) is 0 Å². The fourth-order valence-electron chi connectivity index (χ4n) is 3.96. The largest absolute Gasteiger partial charge is 0.318 e. The third-order valence-electron chi connectivity index (χ3n) is 5.78. The molecule has 0 saturated heterocycles. The number of para-hydroxylation sites is 1. The number of benzene rings is 2. The summed E-state index contributed by atoms with van der Waals surface area (Å²) in [4.78, 5) is 44.1. The molecule has 5 rings (SSSR count). The summed E-state index contributed by atoms with van der Waals surface area (Å²) in [6.45, 7) is 1.50. The van der Waals surface area contributed by atoms with Crippen molar-refractivity contribution < 1.29 is 4.79 Å². The second-order valence-electron chi connectivity index (χ2n) is 7.86. The number of hydrogen-bond donors (Lipinski definition) is 1. The highest BCUT2D eigenvalue weighted by Crippen LogP contribution is 2.30. The molecule has 0 aliphatic heterocycles. The maximum absolute atomic E-state index is 13.2. The Balaban J connectivity index is 1.46. The second-order valence-corrected chi connectivity index (χ2v) is 8.72. The maximum atomic E-state index is 13.2. The molecule has 5 aromatic rings.